The van der Waals surface area contributed by atoms with E-state index in [1.165, 1.54) is 12.4 Å². The first-order valence-corrected chi connectivity index (χ1v) is 7.40. The van der Waals surface area contributed by atoms with Crippen molar-refractivity contribution in [3.8, 4) is 11.5 Å². The first-order chi connectivity index (χ1) is 11.7. The summed E-state index contributed by atoms with van der Waals surface area (Å²) in [7, 11) is 0. The molecule has 1 aliphatic rings. The van der Waals surface area contributed by atoms with E-state index in [0.29, 0.717) is 22.6 Å². The first-order valence-electron chi connectivity index (χ1n) is 7.40. The van der Waals surface area contributed by atoms with Crippen molar-refractivity contribution in [3.63, 3.8) is 0 Å². The Balaban J connectivity index is 1.60. The summed E-state index contributed by atoms with van der Waals surface area (Å²) < 4.78 is 5.71. The topological polar surface area (TPSA) is 59.5 Å². The number of amides is 2. The average molecular weight is 316 g/mol. The van der Waals surface area contributed by atoms with Crippen molar-refractivity contribution in [3.05, 3.63) is 84.2 Å². The molecule has 0 fully saturated rings. The van der Waals surface area contributed by atoms with Crippen LogP contribution in [-0.4, -0.2) is 16.8 Å². The number of carbonyl (C=O) groups is 2. The van der Waals surface area contributed by atoms with Gasteiger partial charge in [0.1, 0.15) is 11.5 Å². The van der Waals surface area contributed by atoms with Crippen LogP contribution in [0, 0.1) is 0 Å². The van der Waals surface area contributed by atoms with Crippen molar-refractivity contribution in [2.75, 3.05) is 4.90 Å². The van der Waals surface area contributed by atoms with Gasteiger partial charge in [0.15, 0.2) is 0 Å². The van der Waals surface area contributed by atoms with E-state index < -0.39 is 0 Å². The molecule has 0 radical (unpaired) electrons. The third-order valence-corrected chi connectivity index (χ3v) is 3.76. The summed E-state index contributed by atoms with van der Waals surface area (Å²) in [5, 5.41) is 0. The Kier molecular flexibility index (Phi) is 3.31. The molecule has 24 heavy (non-hydrogen) atoms. The molecule has 0 spiro atoms. The van der Waals surface area contributed by atoms with Gasteiger partial charge in [-0.2, -0.15) is 0 Å². The number of anilines is 1. The maximum absolute atomic E-state index is 12.4. The summed E-state index contributed by atoms with van der Waals surface area (Å²) in [5.74, 6) is 0.647. The van der Waals surface area contributed by atoms with Gasteiger partial charge in [0, 0.05) is 12.4 Å². The summed E-state index contributed by atoms with van der Waals surface area (Å²) in [6.45, 7) is 0. The van der Waals surface area contributed by atoms with Crippen LogP contribution in [-0.2, 0) is 0 Å². The van der Waals surface area contributed by atoms with Crippen molar-refractivity contribution in [2.45, 2.75) is 0 Å². The zero-order valence-electron chi connectivity index (χ0n) is 12.5. The summed E-state index contributed by atoms with van der Waals surface area (Å²) in [6.07, 6.45) is 2.92. The number of hydrogen-bond acceptors (Lipinski definition) is 4. The van der Waals surface area contributed by atoms with Gasteiger partial charge in [0.2, 0.25) is 0 Å². The molecule has 0 unspecified atom stereocenters. The van der Waals surface area contributed by atoms with Crippen molar-refractivity contribution in [1.82, 2.24) is 4.98 Å². The van der Waals surface area contributed by atoms with Gasteiger partial charge in [0.25, 0.3) is 11.8 Å². The van der Waals surface area contributed by atoms with Gasteiger partial charge < -0.3 is 4.74 Å². The van der Waals surface area contributed by atoms with Crippen LogP contribution in [0.4, 0.5) is 5.69 Å². The van der Waals surface area contributed by atoms with E-state index in [0.717, 1.165) is 10.6 Å². The van der Waals surface area contributed by atoms with Crippen LogP contribution < -0.4 is 9.64 Å². The quantitative estimate of drug-likeness (QED) is 0.692. The van der Waals surface area contributed by atoms with E-state index in [9.17, 15) is 9.59 Å². The number of imide groups is 1. The molecule has 4 rings (SSSR count). The molecule has 1 aliphatic heterocycles. The number of benzene rings is 2. The standard InChI is InChI=1S/C19H12N2O3/c22-18-16-10-11-20-12-17(16)19(23)21(18)13-6-8-15(9-7-13)24-14-4-2-1-3-5-14/h1-12H. The summed E-state index contributed by atoms with van der Waals surface area (Å²) in [4.78, 5) is 29.9. The molecule has 0 bridgehead atoms. The lowest BCUT2D eigenvalue weighted by atomic mass is 10.2. The third kappa shape index (κ3) is 2.32. The second kappa shape index (κ2) is 5.62. The Morgan fingerprint density at radius 3 is 2.12 bits per heavy atom. The summed E-state index contributed by atoms with van der Waals surface area (Å²) >= 11 is 0. The molecule has 3 aromatic rings. The highest BCUT2D eigenvalue weighted by atomic mass is 16.5. The minimum absolute atomic E-state index is 0.326. The number of rotatable bonds is 3. The number of ether oxygens (including phenoxy) is 1. The maximum Gasteiger partial charge on any atom is 0.267 e. The van der Waals surface area contributed by atoms with Crippen LogP contribution in [0.3, 0.4) is 0 Å². The Bertz CT molecular complexity index is 886. The van der Waals surface area contributed by atoms with Crippen molar-refractivity contribution in [2.24, 2.45) is 0 Å². The molecule has 5 nitrogen and oxygen atoms in total. The van der Waals surface area contributed by atoms with Crippen molar-refractivity contribution >= 4 is 17.5 Å². The van der Waals surface area contributed by atoms with E-state index in [-0.39, 0.29) is 11.8 Å². The zero-order chi connectivity index (χ0) is 16.5. The first kappa shape index (κ1) is 14.1. The molecule has 0 saturated heterocycles. The molecule has 2 heterocycles. The molecule has 1 aromatic heterocycles. The van der Waals surface area contributed by atoms with E-state index >= 15 is 0 Å². The smallest absolute Gasteiger partial charge is 0.267 e. The highest BCUT2D eigenvalue weighted by Gasteiger charge is 2.36. The zero-order valence-corrected chi connectivity index (χ0v) is 12.5. The van der Waals surface area contributed by atoms with E-state index in [4.69, 9.17) is 4.74 Å². The third-order valence-electron chi connectivity index (χ3n) is 3.76. The lowest BCUT2D eigenvalue weighted by Crippen LogP contribution is -2.29. The number of pyridine rings is 1. The second-order valence-electron chi connectivity index (χ2n) is 5.28. The van der Waals surface area contributed by atoms with Crippen molar-refractivity contribution in [1.29, 1.82) is 0 Å². The molecule has 0 saturated carbocycles. The van der Waals surface area contributed by atoms with E-state index in [1.54, 1.807) is 30.3 Å². The summed E-state index contributed by atoms with van der Waals surface area (Å²) in [6, 6.07) is 17.8. The number of carbonyl (C=O) groups excluding carboxylic acids is 2. The largest absolute Gasteiger partial charge is 0.457 e. The van der Waals surface area contributed by atoms with Crippen LogP contribution in [0.1, 0.15) is 20.7 Å². The average Bonchev–Trinajstić information content (AvgIpc) is 2.88. The van der Waals surface area contributed by atoms with Gasteiger partial charge in [0.05, 0.1) is 16.8 Å². The van der Waals surface area contributed by atoms with Crippen molar-refractivity contribution < 1.29 is 14.3 Å². The van der Waals surface area contributed by atoms with Crippen LogP contribution in [0.25, 0.3) is 0 Å². The molecule has 5 heteroatoms. The minimum atomic E-state index is -0.361. The van der Waals surface area contributed by atoms with Gasteiger partial charge in [-0.05, 0) is 42.5 Å². The lowest BCUT2D eigenvalue weighted by molar-refractivity contribution is 0.0926. The molecule has 0 N–H and O–H groups in total. The Hall–Kier alpha value is -3.47. The Morgan fingerprint density at radius 1 is 0.750 bits per heavy atom. The molecule has 116 valence electrons. The highest BCUT2D eigenvalue weighted by molar-refractivity contribution is 6.34. The predicted octanol–water partition coefficient (Wildman–Crippen LogP) is 3.67. The molecular weight excluding hydrogens is 304 g/mol. The highest BCUT2D eigenvalue weighted by Crippen LogP contribution is 2.30. The molecular formula is C19H12N2O3. The lowest BCUT2D eigenvalue weighted by Gasteiger charge is -2.14. The number of aromatic nitrogens is 1. The van der Waals surface area contributed by atoms with Crippen LogP contribution in [0.5, 0.6) is 11.5 Å². The fourth-order valence-electron chi connectivity index (χ4n) is 2.61. The minimum Gasteiger partial charge on any atom is -0.457 e. The normalized spacial score (nSPS) is 13.1. The predicted molar refractivity (Wildman–Crippen MR) is 88.3 cm³/mol. The van der Waals surface area contributed by atoms with Crippen LogP contribution >= 0.6 is 0 Å². The molecule has 2 aromatic carbocycles. The fraction of sp³-hybridized carbons (Fsp3) is 0. The van der Waals surface area contributed by atoms with Gasteiger partial charge in [-0.1, -0.05) is 18.2 Å². The summed E-state index contributed by atoms with van der Waals surface area (Å²) in [5.41, 5.74) is 1.20. The number of nitrogens with zero attached hydrogens (tertiary/aromatic N) is 2. The fourth-order valence-corrected chi connectivity index (χ4v) is 2.61. The number of hydrogen-bond donors (Lipinski definition) is 0. The van der Waals surface area contributed by atoms with Crippen LogP contribution in [0.15, 0.2) is 73.1 Å². The molecule has 2 amide bonds. The second-order valence-corrected chi connectivity index (χ2v) is 5.28. The monoisotopic (exact) mass is 316 g/mol. The molecule has 0 aliphatic carbocycles. The van der Waals surface area contributed by atoms with Gasteiger partial charge in [-0.25, -0.2) is 4.90 Å². The number of para-hydroxylation sites is 1. The van der Waals surface area contributed by atoms with E-state index in [1.807, 2.05) is 30.3 Å². The van der Waals surface area contributed by atoms with Gasteiger partial charge in [-0.15, -0.1) is 0 Å². The van der Waals surface area contributed by atoms with Crippen LogP contribution in [0.2, 0.25) is 0 Å². The Morgan fingerprint density at radius 2 is 1.42 bits per heavy atom. The van der Waals surface area contributed by atoms with E-state index in [2.05, 4.69) is 4.98 Å². The van der Waals surface area contributed by atoms with Gasteiger partial charge >= 0.3 is 0 Å². The molecule has 0 atom stereocenters. The Labute approximate surface area is 138 Å². The maximum atomic E-state index is 12.4. The SMILES string of the molecule is O=C1c2ccncc2C(=O)N1c1ccc(Oc2ccccc2)cc1. The van der Waals surface area contributed by atoms with Gasteiger partial charge in [-0.3, -0.25) is 14.6 Å². The number of fused-ring (bicyclic) bond motifs is 1.